The standard InChI is InChI=1S/C16H17N5O3/c1-11-7-18-21(9-11)5-4-17-8-15-19-16(20-24-15)12-2-3-13-14(6-12)23-10-22-13/h2-3,6-7,9,17H,4-5,8,10H2,1H3. The summed E-state index contributed by atoms with van der Waals surface area (Å²) < 4.78 is 17.8. The summed E-state index contributed by atoms with van der Waals surface area (Å²) in [5.74, 6) is 2.51. The second kappa shape index (κ2) is 6.32. The van der Waals surface area contributed by atoms with E-state index in [1.165, 1.54) is 0 Å². The number of rotatable bonds is 6. The Balaban J connectivity index is 1.33. The predicted octanol–water partition coefficient (Wildman–Crippen LogP) is 1.76. The number of hydrogen-bond acceptors (Lipinski definition) is 7. The number of ether oxygens (including phenoxy) is 2. The molecule has 1 aliphatic heterocycles. The Morgan fingerprint density at radius 2 is 2.17 bits per heavy atom. The van der Waals surface area contributed by atoms with Gasteiger partial charge in [0.15, 0.2) is 11.5 Å². The van der Waals surface area contributed by atoms with Crippen molar-refractivity contribution in [3.63, 3.8) is 0 Å². The Bertz CT molecular complexity index is 842. The second-order valence-electron chi connectivity index (χ2n) is 5.54. The summed E-state index contributed by atoms with van der Waals surface area (Å²) in [6, 6.07) is 5.58. The average molecular weight is 327 g/mol. The van der Waals surface area contributed by atoms with Crippen LogP contribution in [-0.4, -0.2) is 33.3 Å². The Hall–Kier alpha value is -2.87. The molecule has 2 aromatic heterocycles. The molecule has 1 aromatic carbocycles. The van der Waals surface area contributed by atoms with Crippen LogP contribution in [0.2, 0.25) is 0 Å². The minimum Gasteiger partial charge on any atom is -0.454 e. The van der Waals surface area contributed by atoms with Gasteiger partial charge in [-0.25, -0.2) is 0 Å². The van der Waals surface area contributed by atoms with E-state index in [1.807, 2.05) is 42.2 Å². The van der Waals surface area contributed by atoms with E-state index in [2.05, 4.69) is 20.6 Å². The lowest BCUT2D eigenvalue weighted by Gasteiger charge is -2.01. The van der Waals surface area contributed by atoms with E-state index in [1.54, 1.807) is 0 Å². The minimum absolute atomic E-state index is 0.246. The molecule has 0 fully saturated rings. The maximum absolute atomic E-state index is 5.36. The summed E-state index contributed by atoms with van der Waals surface area (Å²) in [4.78, 5) is 4.40. The first-order valence-electron chi connectivity index (χ1n) is 7.70. The Labute approximate surface area is 138 Å². The number of aryl methyl sites for hydroxylation is 1. The van der Waals surface area contributed by atoms with Crippen molar-refractivity contribution in [3.8, 4) is 22.9 Å². The highest BCUT2D eigenvalue weighted by Gasteiger charge is 2.16. The number of fused-ring (bicyclic) bond motifs is 1. The summed E-state index contributed by atoms with van der Waals surface area (Å²) in [7, 11) is 0. The number of aromatic nitrogens is 4. The zero-order valence-corrected chi connectivity index (χ0v) is 13.2. The van der Waals surface area contributed by atoms with E-state index in [0.717, 1.165) is 30.0 Å². The average Bonchev–Trinajstić information content (AvgIpc) is 3.31. The van der Waals surface area contributed by atoms with Crippen molar-refractivity contribution in [2.24, 2.45) is 0 Å². The first-order chi connectivity index (χ1) is 11.8. The maximum atomic E-state index is 5.36. The fourth-order valence-corrected chi connectivity index (χ4v) is 2.46. The van der Waals surface area contributed by atoms with Gasteiger partial charge in [0, 0.05) is 18.3 Å². The third kappa shape index (κ3) is 3.09. The fourth-order valence-electron chi connectivity index (χ4n) is 2.46. The number of hydrogen-bond donors (Lipinski definition) is 1. The first-order valence-corrected chi connectivity index (χ1v) is 7.70. The number of benzene rings is 1. The van der Waals surface area contributed by atoms with E-state index in [0.29, 0.717) is 24.0 Å². The molecule has 0 saturated carbocycles. The van der Waals surface area contributed by atoms with E-state index < -0.39 is 0 Å². The quantitative estimate of drug-likeness (QED) is 0.690. The Morgan fingerprint density at radius 1 is 1.25 bits per heavy atom. The van der Waals surface area contributed by atoms with E-state index in [9.17, 15) is 0 Å². The van der Waals surface area contributed by atoms with E-state index in [4.69, 9.17) is 14.0 Å². The molecule has 3 aromatic rings. The lowest BCUT2D eigenvalue weighted by Crippen LogP contribution is -2.19. The van der Waals surface area contributed by atoms with Gasteiger partial charge < -0.3 is 19.3 Å². The summed E-state index contributed by atoms with van der Waals surface area (Å²) in [5.41, 5.74) is 1.99. The molecule has 0 atom stereocenters. The zero-order chi connectivity index (χ0) is 16.4. The second-order valence-corrected chi connectivity index (χ2v) is 5.54. The Morgan fingerprint density at radius 3 is 3.04 bits per heavy atom. The third-order valence-corrected chi connectivity index (χ3v) is 3.66. The van der Waals surface area contributed by atoms with Crippen molar-refractivity contribution in [1.82, 2.24) is 25.2 Å². The lowest BCUT2D eigenvalue weighted by molar-refractivity contribution is 0.174. The number of nitrogens with one attached hydrogen (secondary N) is 1. The smallest absolute Gasteiger partial charge is 0.240 e. The van der Waals surface area contributed by atoms with Crippen LogP contribution in [0.15, 0.2) is 35.1 Å². The summed E-state index contributed by atoms with van der Waals surface area (Å²) in [6.45, 7) is 4.33. The topological polar surface area (TPSA) is 87.2 Å². The largest absolute Gasteiger partial charge is 0.454 e. The molecule has 24 heavy (non-hydrogen) atoms. The van der Waals surface area contributed by atoms with Gasteiger partial charge in [-0.1, -0.05) is 5.16 Å². The lowest BCUT2D eigenvalue weighted by atomic mass is 10.2. The molecule has 0 unspecified atom stereocenters. The van der Waals surface area contributed by atoms with Gasteiger partial charge in [-0.05, 0) is 30.7 Å². The summed E-state index contributed by atoms with van der Waals surface area (Å²) >= 11 is 0. The molecule has 4 rings (SSSR count). The van der Waals surface area contributed by atoms with Gasteiger partial charge >= 0.3 is 0 Å². The molecule has 0 aliphatic carbocycles. The van der Waals surface area contributed by atoms with Crippen molar-refractivity contribution >= 4 is 0 Å². The van der Waals surface area contributed by atoms with Gasteiger partial charge in [-0.2, -0.15) is 10.1 Å². The van der Waals surface area contributed by atoms with Gasteiger partial charge in [0.2, 0.25) is 18.5 Å². The summed E-state index contributed by atoms with van der Waals surface area (Å²) in [5, 5.41) is 11.5. The van der Waals surface area contributed by atoms with Crippen molar-refractivity contribution in [2.45, 2.75) is 20.0 Å². The van der Waals surface area contributed by atoms with Gasteiger partial charge in [0.25, 0.3) is 0 Å². The highest BCUT2D eigenvalue weighted by atomic mass is 16.7. The van der Waals surface area contributed by atoms with Crippen LogP contribution in [0.1, 0.15) is 11.5 Å². The zero-order valence-electron chi connectivity index (χ0n) is 13.2. The maximum Gasteiger partial charge on any atom is 0.240 e. The monoisotopic (exact) mass is 327 g/mol. The Kier molecular flexibility index (Phi) is 3.87. The van der Waals surface area contributed by atoms with Crippen molar-refractivity contribution in [1.29, 1.82) is 0 Å². The molecule has 124 valence electrons. The highest BCUT2D eigenvalue weighted by Crippen LogP contribution is 2.35. The van der Waals surface area contributed by atoms with Crippen molar-refractivity contribution in [2.75, 3.05) is 13.3 Å². The molecule has 3 heterocycles. The molecule has 0 saturated heterocycles. The molecular formula is C16H17N5O3. The number of nitrogens with zero attached hydrogens (tertiary/aromatic N) is 4. The third-order valence-electron chi connectivity index (χ3n) is 3.66. The molecular weight excluding hydrogens is 310 g/mol. The highest BCUT2D eigenvalue weighted by molar-refractivity contribution is 5.61. The molecule has 8 nitrogen and oxygen atoms in total. The van der Waals surface area contributed by atoms with Crippen LogP contribution in [0.5, 0.6) is 11.5 Å². The van der Waals surface area contributed by atoms with Gasteiger partial charge in [0.05, 0.1) is 19.3 Å². The van der Waals surface area contributed by atoms with Crippen LogP contribution in [0.25, 0.3) is 11.4 Å². The van der Waals surface area contributed by atoms with Gasteiger partial charge in [0.1, 0.15) is 0 Å². The van der Waals surface area contributed by atoms with Crippen LogP contribution in [0.4, 0.5) is 0 Å². The molecule has 0 radical (unpaired) electrons. The molecule has 1 N–H and O–H groups in total. The predicted molar refractivity (Wildman–Crippen MR) is 84.5 cm³/mol. The van der Waals surface area contributed by atoms with Gasteiger partial charge in [-0.15, -0.1) is 0 Å². The van der Waals surface area contributed by atoms with E-state index >= 15 is 0 Å². The summed E-state index contributed by atoms with van der Waals surface area (Å²) in [6.07, 6.45) is 3.85. The van der Waals surface area contributed by atoms with Crippen molar-refractivity contribution < 1.29 is 14.0 Å². The molecule has 8 heteroatoms. The molecule has 1 aliphatic rings. The SMILES string of the molecule is Cc1cnn(CCNCc2nc(-c3ccc4c(c3)OCO4)no2)c1. The van der Waals surface area contributed by atoms with Crippen molar-refractivity contribution in [3.05, 3.63) is 42.0 Å². The van der Waals surface area contributed by atoms with Crippen LogP contribution < -0.4 is 14.8 Å². The molecule has 0 bridgehead atoms. The van der Waals surface area contributed by atoms with Gasteiger partial charge in [-0.3, -0.25) is 4.68 Å². The normalized spacial score (nSPS) is 12.7. The van der Waals surface area contributed by atoms with E-state index in [-0.39, 0.29) is 6.79 Å². The van der Waals surface area contributed by atoms with Crippen LogP contribution in [-0.2, 0) is 13.1 Å². The fraction of sp³-hybridized carbons (Fsp3) is 0.312. The minimum atomic E-state index is 0.246. The molecule has 0 amide bonds. The van der Waals surface area contributed by atoms with Crippen LogP contribution in [0.3, 0.4) is 0 Å². The molecule has 0 spiro atoms. The first kappa shape index (κ1) is 14.7. The van der Waals surface area contributed by atoms with Crippen LogP contribution in [0, 0.1) is 6.92 Å². The van der Waals surface area contributed by atoms with Crippen LogP contribution >= 0.6 is 0 Å².